The molecule has 0 bridgehead atoms. The second-order valence-corrected chi connectivity index (χ2v) is 5.87. The number of aryl methyl sites for hydroxylation is 1. The molecule has 0 radical (unpaired) electrons. The number of hydrogen-bond acceptors (Lipinski definition) is 4. The van der Waals surface area contributed by atoms with E-state index in [1.54, 1.807) is 24.0 Å². The number of anilines is 1. The molecule has 0 spiro atoms. The van der Waals surface area contributed by atoms with E-state index in [0.29, 0.717) is 5.82 Å². The Labute approximate surface area is 144 Å². The van der Waals surface area contributed by atoms with E-state index in [9.17, 15) is 14.4 Å². The number of urea groups is 1. The number of aromatic nitrogens is 2. The maximum absolute atomic E-state index is 12.4. The van der Waals surface area contributed by atoms with Crippen LogP contribution in [0.25, 0.3) is 0 Å². The normalized spacial score (nSPS) is 16.8. The molecule has 25 heavy (non-hydrogen) atoms. The van der Waals surface area contributed by atoms with E-state index >= 15 is 0 Å². The van der Waals surface area contributed by atoms with Crippen LogP contribution in [0.2, 0.25) is 0 Å². The predicted molar refractivity (Wildman–Crippen MR) is 90.4 cm³/mol. The third-order valence-electron chi connectivity index (χ3n) is 3.93. The molecule has 0 aliphatic carbocycles. The second kappa shape index (κ2) is 7.16. The quantitative estimate of drug-likeness (QED) is 0.773. The maximum atomic E-state index is 12.4. The van der Waals surface area contributed by atoms with Crippen molar-refractivity contribution in [2.24, 2.45) is 7.05 Å². The third-order valence-corrected chi connectivity index (χ3v) is 3.93. The van der Waals surface area contributed by atoms with Gasteiger partial charge in [0.05, 0.1) is 6.54 Å². The van der Waals surface area contributed by atoms with Gasteiger partial charge in [-0.1, -0.05) is 30.3 Å². The molecule has 1 saturated heterocycles. The SMILES string of the molecule is Cn1ccc(NC(=O)CC[C@H]2NC(=O)N(Cc3ccccc3)C2=O)n1. The minimum Gasteiger partial charge on any atom is -0.326 e. The maximum Gasteiger partial charge on any atom is 0.325 e. The van der Waals surface area contributed by atoms with Crippen LogP contribution in [0, 0.1) is 0 Å². The zero-order chi connectivity index (χ0) is 17.8. The van der Waals surface area contributed by atoms with E-state index < -0.39 is 12.1 Å². The molecule has 8 heteroatoms. The number of hydrogen-bond donors (Lipinski definition) is 2. The van der Waals surface area contributed by atoms with Crippen LogP contribution in [-0.4, -0.2) is 38.6 Å². The predicted octanol–water partition coefficient (Wildman–Crippen LogP) is 1.26. The Morgan fingerprint density at radius 2 is 2.00 bits per heavy atom. The van der Waals surface area contributed by atoms with Gasteiger partial charge in [0.2, 0.25) is 5.91 Å². The highest BCUT2D eigenvalue weighted by Crippen LogP contribution is 2.15. The van der Waals surface area contributed by atoms with Gasteiger partial charge in [-0.05, 0) is 12.0 Å². The van der Waals surface area contributed by atoms with Crippen molar-refractivity contribution in [3.8, 4) is 0 Å². The number of nitrogens with one attached hydrogen (secondary N) is 2. The molecule has 1 aliphatic heterocycles. The van der Waals surface area contributed by atoms with E-state index in [4.69, 9.17) is 0 Å². The van der Waals surface area contributed by atoms with Gasteiger partial charge in [0.15, 0.2) is 5.82 Å². The Hall–Kier alpha value is -3.16. The summed E-state index contributed by atoms with van der Waals surface area (Å²) in [6.07, 6.45) is 2.08. The fraction of sp³-hybridized carbons (Fsp3) is 0.294. The fourth-order valence-corrected chi connectivity index (χ4v) is 2.65. The van der Waals surface area contributed by atoms with Gasteiger partial charge >= 0.3 is 6.03 Å². The van der Waals surface area contributed by atoms with Crippen molar-refractivity contribution < 1.29 is 14.4 Å². The van der Waals surface area contributed by atoms with Crippen molar-refractivity contribution in [3.63, 3.8) is 0 Å². The molecule has 4 amide bonds. The van der Waals surface area contributed by atoms with Gasteiger partial charge in [0, 0.05) is 25.7 Å². The van der Waals surface area contributed by atoms with Gasteiger partial charge in [-0.15, -0.1) is 0 Å². The first-order valence-electron chi connectivity index (χ1n) is 7.98. The largest absolute Gasteiger partial charge is 0.326 e. The van der Waals surface area contributed by atoms with Gasteiger partial charge in [-0.3, -0.25) is 19.2 Å². The average Bonchev–Trinajstić information content (AvgIpc) is 3.11. The highest BCUT2D eigenvalue weighted by molar-refractivity contribution is 6.04. The summed E-state index contributed by atoms with van der Waals surface area (Å²) in [5.41, 5.74) is 0.875. The first kappa shape index (κ1) is 16.7. The highest BCUT2D eigenvalue weighted by Gasteiger charge is 2.37. The van der Waals surface area contributed by atoms with Crippen LogP contribution < -0.4 is 10.6 Å². The molecular formula is C17H19N5O3. The van der Waals surface area contributed by atoms with Crippen LogP contribution in [0.4, 0.5) is 10.6 Å². The van der Waals surface area contributed by atoms with Crippen molar-refractivity contribution in [3.05, 3.63) is 48.2 Å². The molecule has 2 N–H and O–H groups in total. The summed E-state index contributed by atoms with van der Waals surface area (Å²) in [7, 11) is 1.75. The molecular weight excluding hydrogens is 322 g/mol. The number of imide groups is 1. The van der Waals surface area contributed by atoms with Crippen LogP contribution in [0.5, 0.6) is 0 Å². The van der Waals surface area contributed by atoms with Gasteiger partial charge < -0.3 is 10.6 Å². The van der Waals surface area contributed by atoms with Crippen LogP contribution >= 0.6 is 0 Å². The molecule has 1 fully saturated rings. The van der Waals surface area contributed by atoms with Crippen molar-refractivity contribution in [2.75, 3.05) is 5.32 Å². The zero-order valence-electron chi connectivity index (χ0n) is 13.8. The standard InChI is InChI=1S/C17H19N5O3/c1-21-10-9-14(20-21)19-15(23)8-7-13-16(24)22(17(25)18-13)11-12-5-3-2-4-6-12/h2-6,9-10,13H,7-8,11H2,1H3,(H,18,25)(H,19,20,23)/t13-/m1/s1. The lowest BCUT2D eigenvalue weighted by atomic mass is 10.1. The first-order valence-corrected chi connectivity index (χ1v) is 7.98. The number of carbonyl (C=O) groups excluding carboxylic acids is 3. The molecule has 8 nitrogen and oxygen atoms in total. The van der Waals surface area contributed by atoms with E-state index in [0.717, 1.165) is 5.56 Å². The van der Waals surface area contributed by atoms with E-state index in [2.05, 4.69) is 15.7 Å². The Bertz CT molecular complexity index is 787. The molecule has 2 heterocycles. The molecule has 0 saturated carbocycles. The number of rotatable bonds is 6. The van der Waals surface area contributed by atoms with Crippen molar-refractivity contribution in [2.45, 2.75) is 25.4 Å². The second-order valence-electron chi connectivity index (χ2n) is 5.87. The summed E-state index contributed by atoms with van der Waals surface area (Å²) >= 11 is 0. The summed E-state index contributed by atoms with van der Waals surface area (Å²) in [5.74, 6) is -0.0956. The van der Waals surface area contributed by atoms with E-state index in [-0.39, 0.29) is 31.2 Å². The Morgan fingerprint density at radius 3 is 2.68 bits per heavy atom. The van der Waals surface area contributed by atoms with Gasteiger partial charge in [-0.25, -0.2) is 4.79 Å². The minimum atomic E-state index is -0.675. The lowest BCUT2D eigenvalue weighted by molar-refractivity contribution is -0.128. The van der Waals surface area contributed by atoms with Crippen molar-refractivity contribution >= 4 is 23.7 Å². The number of benzene rings is 1. The highest BCUT2D eigenvalue weighted by atomic mass is 16.2. The van der Waals surface area contributed by atoms with Gasteiger partial charge in [0.1, 0.15) is 6.04 Å². The molecule has 3 rings (SSSR count). The molecule has 2 aromatic rings. The molecule has 130 valence electrons. The van der Waals surface area contributed by atoms with E-state index in [1.165, 1.54) is 4.90 Å². The third kappa shape index (κ3) is 4.03. The lowest BCUT2D eigenvalue weighted by Crippen LogP contribution is -2.31. The molecule has 1 aromatic carbocycles. The zero-order valence-corrected chi connectivity index (χ0v) is 13.8. The summed E-state index contributed by atoms with van der Waals surface area (Å²) in [6.45, 7) is 0.224. The van der Waals surface area contributed by atoms with Crippen molar-refractivity contribution in [1.29, 1.82) is 0 Å². The fourth-order valence-electron chi connectivity index (χ4n) is 2.65. The summed E-state index contributed by atoms with van der Waals surface area (Å²) in [4.78, 5) is 37.5. The van der Waals surface area contributed by atoms with Crippen LogP contribution in [0.3, 0.4) is 0 Å². The smallest absolute Gasteiger partial charge is 0.325 e. The molecule has 0 unspecified atom stereocenters. The summed E-state index contributed by atoms with van der Waals surface area (Å²) in [5, 5.41) is 9.35. The van der Waals surface area contributed by atoms with Gasteiger partial charge in [0.25, 0.3) is 5.91 Å². The summed E-state index contributed by atoms with van der Waals surface area (Å²) in [6, 6.07) is 9.87. The molecule has 1 atom stereocenters. The lowest BCUT2D eigenvalue weighted by Gasteiger charge is -2.13. The first-order chi connectivity index (χ1) is 12.0. The van der Waals surface area contributed by atoms with Crippen LogP contribution in [-0.2, 0) is 23.2 Å². The molecule has 1 aromatic heterocycles. The van der Waals surface area contributed by atoms with Crippen LogP contribution in [0.1, 0.15) is 18.4 Å². The molecule has 1 aliphatic rings. The Kier molecular flexibility index (Phi) is 4.78. The number of amides is 4. The number of carbonyl (C=O) groups is 3. The minimum absolute atomic E-state index is 0.117. The Balaban J connectivity index is 1.52. The average molecular weight is 341 g/mol. The monoisotopic (exact) mass is 341 g/mol. The Morgan fingerprint density at radius 1 is 1.24 bits per heavy atom. The number of nitrogens with zero attached hydrogens (tertiary/aromatic N) is 3. The summed E-state index contributed by atoms with van der Waals surface area (Å²) < 4.78 is 1.58. The van der Waals surface area contributed by atoms with Gasteiger partial charge in [-0.2, -0.15) is 5.10 Å². The van der Waals surface area contributed by atoms with E-state index in [1.807, 2.05) is 30.3 Å². The van der Waals surface area contributed by atoms with Crippen LogP contribution in [0.15, 0.2) is 42.6 Å². The van der Waals surface area contributed by atoms with Crippen molar-refractivity contribution in [1.82, 2.24) is 20.0 Å². The topological polar surface area (TPSA) is 96.3 Å².